The second kappa shape index (κ2) is 7.88. The van der Waals surface area contributed by atoms with Crippen molar-refractivity contribution in [2.75, 3.05) is 33.3 Å². The van der Waals surface area contributed by atoms with Crippen molar-refractivity contribution < 1.29 is 4.74 Å². The topological polar surface area (TPSA) is 48.3 Å². The average molecular weight is 273 g/mol. The summed E-state index contributed by atoms with van der Waals surface area (Å²) in [5.74, 6) is 0.827. The van der Waals surface area contributed by atoms with Crippen molar-refractivity contribution in [2.45, 2.75) is 25.3 Å². The van der Waals surface area contributed by atoms with Crippen LogP contribution in [0.5, 0.6) is 5.75 Å². The van der Waals surface area contributed by atoms with Gasteiger partial charge in [-0.15, -0.1) is 0 Å². The molecule has 0 radical (unpaired) electrons. The molecule has 1 aliphatic heterocycles. The minimum Gasteiger partial charge on any atom is -0.492 e. The standard InChI is InChI=1S/C16H23N3O/c1-19(13-15-4-2-3-9-18-15)10-11-20-16-7-5-14(12-17)6-8-16/h5-8,15,18H,2-4,9-11,13H2,1H3. The maximum Gasteiger partial charge on any atom is 0.119 e. The number of ether oxygens (including phenoxy) is 1. The van der Waals surface area contributed by atoms with Crippen LogP contribution in [0, 0.1) is 11.3 Å². The fourth-order valence-corrected chi connectivity index (χ4v) is 2.49. The van der Waals surface area contributed by atoms with Crippen LogP contribution in [-0.4, -0.2) is 44.2 Å². The molecule has 1 aromatic carbocycles. The van der Waals surface area contributed by atoms with Gasteiger partial charge in [-0.3, -0.25) is 0 Å². The Morgan fingerprint density at radius 1 is 1.35 bits per heavy atom. The third-order valence-corrected chi connectivity index (χ3v) is 3.67. The van der Waals surface area contributed by atoms with Crippen molar-refractivity contribution in [1.82, 2.24) is 10.2 Å². The normalized spacial score (nSPS) is 18.8. The van der Waals surface area contributed by atoms with Gasteiger partial charge < -0.3 is 15.0 Å². The third kappa shape index (κ3) is 4.84. The van der Waals surface area contributed by atoms with Crippen molar-refractivity contribution in [3.8, 4) is 11.8 Å². The van der Waals surface area contributed by atoms with Gasteiger partial charge in [0.15, 0.2) is 0 Å². The maximum atomic E-state index is 8.73. The summed E-state index contributed by atoms with van der Waals surface area (Å²) in [4.78, 5) is 2.31. The lowest BCUT2D eigenvalue weighted by atomic mass is 10.0. The van der Waals surface area contributed by atoms with E-state index in [0.717, 1.165) is 25.4 Å². The largest absolute Gasteiger partial charge is 0.492 e. The number of piperidine rings is 1. The van der Waals surface area contributed by atoms with Crippen molar-refractivity contribution in [2.24, 2.45) is 0 Å². The van der Waals surface area contributed by atoms with Gasteiger partial charge in [-0.1, -0.05) is 6.42 Å². The second-order valence-corrected chi connectivity index (χ2v) is 5.39. The van der Waals surface area contributed by atoms with Gasteiger partial charge in [-0.25, -0.2) is 0 Å². The van der Waals surface area contributed by atoms with Crippen molar-refractivity contribution in [3.05, 3.63) is 29.8 Å². The molecule has 0 amide bonds. The molecule has 108 valence electrons. The van der Waals surface area contributed by atoms with Gasteiger partial charge in [0.25, 0.3) is 0 Å². The molecule has 0 saturated carbocycles. The van der Waals surface area contributed by atoms with Crippen LogP contribution in [0.15, 0.2) is 24.3 Å². The molecule has 1 N–H and O–H groups in total. The Hall–Kier alpha value is -1.57. The Morgan fingerprint density at radius 3 is 2.80 bits per heavy atom. The smallest absolute Gasteiger partial charge is 0.119 e. The average Bonchev–Trinajstić information content (AvgIpc) is 2.49. The number of benzene rings is 1. The lowest BCUT2D eigenvalue weighted by molar-refractivity contribution is 0.211. The van der Waals surface area contributed by atoms with Crippen LogP contribution < -0.4 is 10.1 Å². The predicted octanol–water partition coefficient (Wildman–Crippen LogP) is 2.01. The molecular formula is C16H23N3O. The van der Waals surface area contributed by atoms with E-state index >= 15 is 0 Å². The number of hydrogen-bond donors (Lipinski definition) is 1. The van der Waals surface area contributed by atoms with Crippen molar-refractivity contribution in [3.63, 3.8) is 0 Å². The van der Waals surface area contributed by atoms with Crippen LogP contribution in [0.25, 0.3) is 0 Å². The molecule has 1 fully saturated rings. The van der Waals surface area contributed by atoms with Gasteiger partial charge in [-0.2, -0.15) is 5.26 Å². The minimum atomic E-state index is 0.628. The molecule has 4 heteroatoms. The summed E-state index contributed by atoms with van der Waals surface area (Å²) >= 11 is 0. The van der Waals surface area contributed by atoms with Crippen LogP contribution in [0.2, 0.25) is 0 Å². The molecule has 1 unspecified atom stereocenters. The van der Waals surface area contributed by atoms with E-state index in [4.69, 9.17) is 10.00 Å². The van der Waals surface area contributed by atoms with Gasteiger partial charge in [0.2, 0.25) is 0 Å². The second-order valence-electron chi connectivity index (χ2n) is 5.39. The maximum absolute atomic E-state index is 8.73. The number of nitriles is 1. The number of hydrogen-bond acceptors (Lipinski definition) is 4. The molecule has 0 aliphatic carbocycles. The molecule has 1 saturated heterocycles. The fraction of sp³-hybridized carbons (Fsp3) is 0.562. The van der Waals surface area contributed by atoms with Gasteiger partial charge in [0.1, 0.15) is 12.4 Å². The van der Waals surface area contributed by atoms with Gasteiger partial charge in [0, 0.05) is 19.1 Å². The van der Waals surface area contributed by atoms with Crippen molar-refractivity contribution in [1.29, 1.82) is 5.26 Å². The lowest BCUT2D eigenvalue weighted by Gasteiger charge is -2.28. The summed E-state index contributed by atoms with van der Waals surface area (Å²) < 4.78 is 5.69. The van der Waals surface area contributed by atoms with E-state index in [1.54, 1.807) is 12.1 Å². The number of likely N-dealkylation sites (N-methyl/N-ethyl adjacent to an activating group) is 1. The first-order chi connectivity index (χ1) is 9.78. The quantitative estimate of drug-likeness (QED) is 0.861. The first kappa shape index (κ1) is 14.8. The minimum absolute atomic E-state index is 0.628. The van der Waals surface area contributed by atoms with E-state index in [2.05, 4.69) is 23.3 Å². The van der Waals surface area contributed by atoms with Gasteiger partial charge in [-0.05, 0) is 50.7 Å². The Labute approximate surface area is 121 Å². The Balaban J connectivity index is 1.65. The van der Waals surface area contributed by atoms with E-state index in [9.17, 15) is 0 Å². The highest BCUT2D eigenvalue weighted by molar-refractivity contribution is 5.34. The van der Waals surface area contributed by atoms with Crippen LogP contribution in [0.1, 0.15) is 24.8 Å². The van der Waals surface area contributed by atoms with Crippen LogP contribution >= 0.6 is 0 Å². The molecule has 4 nitrogen and oxygen atoms in total. The van der Waals surface area contributed by atoms with Gasteiger partial charge in [0.05, 0.1) is 11.6 Å². The molecule has 1 atom stereocenters. The summed E-state index contributed by atoms with van der Waals surface area (Å²) in [7, 11) is 2.14. The molecule has 0 spiro atoms. The molecular weight excluding hydrogens is 250 g/mol. The Bertz CT molecular complexity index is 432. The fourth-order valence-electron chi connectivity index (χ4n) is 2.49. The Kier molecular flexibility index (Phi) is 5.85. The highest BCUT2D eigenvalue weighted by atomic mass is 16.5. The molecule has 0 aromatic heterocycles. The summed E-state index contributed by atoms with van der Waals surface area (Å²) in [6.45, 7) is 3.82. The summed E-state index contributed by atoms with van der Waals surface area (Å²) in [6.07, 6.45) is 3.93. The van der Waals surface area contributed by atoms with E-state index in [1.807, 2.05) is 12.1 Å². The lowest BCUT2D eigenvalue weighted by Crippen LogP contribution is -2.43. The highest BCUT2D eigenvalue weighted by Crippen LogP contribution is 2.11. The Morgan fingerprint density at radius 2 is 2.15 bits per heavy atom. The molecule has 1 aliphatic rings. The monoisotopic (exact) mass is 273 g/mol. The zero-order valence-electron chi connectivity index (χ0n) is 12.1. The summed E-state index contributed by atoms with van der Waals surface area (Å²) in [5, 5.41) is 12.3. The van der Waals surface area contributed by atoms with E-state index in [-0.39, 0.29) is 0 Å². The zero-order valence-corrected chi connectivity index (χ0v) is 12.1. The van der Waals surface area contributed by atoms with Crippen LogP contribution in [0.4, 0.5) is 0 Å². The number of nitrogens with zero attached hydrogens (tertiary/aromatic N) is 2. The molecule has 1 heterocycles. The van der Waals surface area contributed by atoms with Crippen LogP contribution in [-0.2, 0) is 0 Å². The molecule has 1 aromatic rings. The molecule has 20 heavy (non-hydrogen) atoms. The first-order valence-electron chi connectivity index (χ1n) is 7.33. The molecule has 0 bridgehead atoms. The SMILES string of the molecule is CN(CCOc1ccc(C#N)cc1)CC1CCCCN1. The number of nitrogens with one attached hydrogen (secondary N) is 1. The van der Waals surface area contributed by atoms with Crippen molar-refractivity contribution >= 4 is 0 Å². The van der Waals surface area contributed by atoms with E-state index < -0.39 is 0 Å². The molecule has 2 rings (SSSR count). The van der Waals surface area contributed by atoms with Crippen LogP contribution in [0.3, 0.4) is 0 Å². The summed E-state index contributed by atoms with van der Waals surface area (Å²) in [6, 6.07) is 9.99. The third-order valence-electron chi connectivity index (χ3n) is 3.67. The number of rotatable bonds is 6. The highest BCUT2D eigenvalue weighted by Gasteiger charge is 2.14. The van der Waals surface area contributed by atoms with Gasteiger partial charge >= 0.3 is 0 Å². The predicted molar refractivity (Wildman–Crippen MR) is 79.8 cm³/mol. The summed E-state index contributed by atoms with van der Waals surface area (Å²) in [5.41, 5.74) is 0.665. The first-order valence-corrected chi connectivity index (χ1v) is 7.33. The zero-order chi connectivity index (χ0) is 14.2. The van der Waals surface area contributed by atoms with E-state index in [0.29, 0.717) is 18.2 Å². The van der Waals surface area contributed by atoms with E-state index in [1.165, 1.54) is 19.3 Å².